The highest BCUT2D eigenvalue weighted by Crippen LogP contribution is 2.08. The number of ether oxygens (including phenoxy) is 2. The average molecular weight is 228 g/mol. The van der Waals surface area contributed by atoms with Crippen molar-refractivity contribution in [1.82, 2.24) is 0 Å². The number of carbonyl (C=O) groups excluding carboxylic acids is 2. The minimum Gasteiger partial charge on any atom is -0.462 e. The number of hydrogen-bond donors (Lipinski definition) is 0. The van der Waals surface area contributed by atoms with E-state index in [2.05, 4.69) is 4.74 Å². The molecule has 0 heterocycles. The molecule has 0 bridgehead atoms. The van der Waals surface area contributed by atoms with Crippen LogP contribution in [-0.4, -0.2) is 25.2 Å². The Hall–Kier alpha value is -1.32. The Morgan fingerprint density at radius 3 is 2.25 bits per heavy atom. The Balaban J connectivity index is 3.92. The number of carbonyl (C=O) groups is 2. The highest BCUT2D eigenvalue weighted by molar-refractivity contribution is 5.88. The number of hydrogen-bond acceptors (Lipinski definition) is 4. The van der Waals surface area contributed by atoms with Crippen molar-refractivity contribution in [2.75, 3.05) is 13.2 Å². The fourth-order valence-electron chi connectivity index (χ4n) is 1.22. The average Bonchev–Trinajstić information content (AvgIpc) is 2.23. The van der Waals surface area contributed by atoms with E-state index in [-0.39, 0.29) is 25.2 Å². The van der Waals surface area contributed by atoms with Crippen LogP contribution < -0.4 is 0 Å². The third-order valence-electron chi connectivity index (χ3n) is 1.85. The van der Waals surface area contributed by atoms with E-state index in [0.717, 1.165) is 19.3 Å². The van der Waals surface area contributed by atoms with Crippen molar-refractivity contribution < 1.29 is 19.1 Å². The molecule has 0 rings (SSSR count). The van der Waals surface area contributed by atoms with Gasteiger partial charge in [-0.3, -0.25) is 4.79 Å². The third kappa shape index (κ3) is 7.04. The van der Waals surface area contributed by atoms with Gasteiger partial charge in [0.2, 0.25) is 0 Å². The maximum absolute atomic E-state index is 11.5. The summed E-state index contributed by atoms with van der Waals surface area (Å²) < 4.78 is 9.63. The fourth-order valence-corrected chi connectivity index (χ4v) is 1.22. The SMILES string of the molecule is CCC=C(CCC)C(=O)OCCOC(C)=O. The molecule has 0 aliphatic carbocycles. The number of rotatable bonds is 7. The maximum Gasteiger partial charge on any atom is 0.333 e. The van der Waals surface area contributed by atoms with Crippen molar-refractivity contribution >= 4 is 11.9 Å². The van der Waals surface area contributed by atoms with Crippen LogP contribution >= 0.6 is 0 Å². The summed E-state index contributed by atoms with van der Waals surface area (Å²) in [4.78, 5) is 22.0. The lowest BCUT2D eigenvalue weighted by Crippen LogP contribution is -2.14. The van der Waals surface area contributed by atoms with E-state index in [0.29, 0.717) is 5.57 Å². The van der Waals surface area contributed by atoms with Gasteiger partial charge in [0.1, 0.15) is 13.2 Å². The van der Waals surface area contributed by atoms with Crippen molar-refractivity contribution in [3.63, 3.8) is 0 Å². The molecule has 0 atom stereocenters. The van der Waals surface area contributed by atoms with Gasteiger partial charge >= 0.3 is 11.9 Å². The molecule has 0 N–H and O–H groups in total. The summed E-state index contributed by atoms with van der Waals surface area (Å²) in [6.45, 7) is 5.54. The molecule has 0 aromatic heterocycles. The molecule has 0 radical (unpaired) electrons. The van der Waals surface area contributed by atoms with Crippen LogP contribution in [0.15, 0.2) is 11.6 Å². The Morgan fingerprint density at radius 2 is 1.75 bits per heavy atom. The van der Waals surface area contributed by atoms with Crippen LogP contribution in [0.5, 0.6) is 0 Å². The van der Waals surface area contributed by atoms with E-state index >= 15 is 0 Å². The standard InChI is InChI=1S/C12H20O4/c1-4-6-11(7-5-2)12(14)16-9-8-15-10(3)13/h6H,4-5,7-9H2,1-3H3. The van der Waals surface area contributed by atoms with Crippen molar-refractivity contribution in [3.8, 4) is 0 Å². The molecular weight excluding hydrogens is 208 g/mol. The first-order valence-corrected chi connectivity index (χ1v) is 5.61. The quantitative estimate of drug-likeness (QED) is 0.381. The first kappa shape index (κ1) is 14.7. The molecule has 0 aromatic carbocycles. The lowest BCUT2D eigenvalue weighted by molar-refractivity contribution is -0.148. The molecule has 0 fully saturated rings. The summed E-state index contributed by atoms with van der Waals surface area (Å²) in [5.41, 5.74) is 0.702. The highest BCUT2D eigenvalue weighted by Gasteiger charge is 2.09. The molecule has 0 saturated carbocycles. The zero-order valence-corrected chi connectivity index (χ0v) is 10.2. The largest absolute Gasteiger partial charge is 0.462 e. The fraction of sp³-hybridized carbons (Fsp3) is 0.667. The lowest BCUT2D eigenvalue weighted by Gasteiger charge is -2.07. The minimum absolute atomic E-state index is 0.114. The van der Waals surface area contributed by atoms with Crippen LogP contribution in [0.1, 0.15) is 40.0 Å². The van der Waals surface area contributed by atoms with Crippen LogP contribution in [0.4, 0.5) is 0 Å². The molecule has 0 aliphatic rings. The smallest absolute Gasteiger partial charge is 0.333 e. The molecule has 0 aromatic rings. The zero-order chi connectivity index (χ0) is 12.4. The van der Waals surface area contributed by atoms with E-state index in [1.54, 1.807) is 0 Å². The summed E-state index contributed by atoms with van der Waals surface area (Å²) in [7, 11) is 0. The lowest BCUT2D eigenvalue weighted by atomic mass is 10.1. The van der Waals surface area contributed by atoms with Gasteiger partial charge in [-0.1, -0.05) is 26.3 Å². The molecule has 0 aliphatic heterocycles. The summed E-state index contributed by atoms with van der Waals surface area (Å²) in [5, 5.41) is 0. The van der Waals surface area contributed by atoms with E-state index in [1.807, 2.05) is 19.9 Å². The Bertz CT molecular complexity index is 256. The van der Waals surface area contributed by atoms with Gasteiger partial charge in [-0.2, -0.15) is 0 Å². The van der Waals surface area contributed by atoms with Crippen molar-refractivity contribution in [1.29, 1.82) is 0 Å². The molecule has 16 heavy (non-hydrogen) atoms. The van der Waals surface area contributed by atoms with E-state index < -0.39 is 0 Å². The second-order valence-electron chi connectivity index (χ2n) is 3.36. The summed E-state index contributed by atoms with van der Waals surface area (Å²) in [6, 6.07) is 0. The van der Waals surface area contributed by atoms with E-state index in [1.165, 1.54) is 6.92 Å². The topological polar surface area (TPSA) is 52.6 Å². The first-order valence-electron chi connectivity index (χ1n) is 5.61. The Kier molecular flexibility index (Phi) is 8.21. The Morgan fingerprint density at radius 1 is 1.12 bits per heavy atom. The highest BCUT2D eigenvalue weighted by atomic mass is 16.6. The maximum atomic E-state index is 11.5. The normalized spacial score (nSPS) is 11.1. The van der Waals surface area contributed by atoms with Crippen LogP contribution in [0.3, 0.4) is 0 Å². The monoisotopic (exact) mass is 228 g/mol. The molecule has 4 nitrogen and oxygen atoms in total. The predicted octanol–water partition coefficient (Wildman–Crippen LogP) is 2.23. The van der Waals surface area contributed by atoms with Crippen LogP contribution in [0, 0.1) is 0 Å². The van der Waals surface area contributed by atoms with Crippen molar-refractivity contribution in [3.05, 3.63) is 11.6 Å². The van der Waals surface area contributed by atoms with Gasteiger partial charge in [-0.05, 0) is 12.8 Å². The van der Waals surface area contributed by atoms with Gasteiger partial charge in [0.15, 0.2) is 0 Å². The van der Waals surface area contributed by atoms with Gasteiger partial charge in [0.25, 0.3) is 0 Å². The van der Waals surface area contributed by atoms with Gasteiger partial charge < -0.3 is 9.47 Å². The molecule has 92 valence electrons. The second kappa shape index (κ2) is 8.95. The molecule has 0 amide bonds. The predicted molar refractivity (Wildman–Crippen MR) is 60.9 cm³/mol. The first-order chi connectivity index (χ1) is 7.61. The summed E-state index contributed by atoms with van der Waals surface area (Å²) in [6.07, 6.45) is 4.32. The van der Waals surface area contributed by atoms with Gasteiger partial charge in [-0.15, -0.1) is 0 Å². The van der Waals surface area contributed by atoms with Crippen LogP contribution in [-0.2, 0) is 19.1 Å². The van der Waals surface area contributed by atoms with E-state index in [4.69, 9.17) is 4.74 Å². The third-order valence-corrected chi connectivity index (χ3v) is 1.85. The second-order valence-corrected chi connectivity index (χ2v) is 3.36. The van der Waals surface area contributed by atoms with Crippen molar-refractivity contribution in [2.45, 2.75) is 40.0 Å². The van der Waals surface area contributed by atoms with Crippen molar-refractivity contribution in [2.24, 2.45) is 0 Å². The van der Waals surface area contributed by atoms with Gasteiger partial charge in [-0.25, -0.2) is 4.79 Å². The molecule has 0 saturated heterocycles. The Labute approximate surface area is 96.6 Å². The summed E-state index contributed by atoms with van der Waals surface area (Å²) >= 11 is 0. The molecule has 4 heteroatoms. The molecule has 0 unspecified atom stereocenters. The summed E-state index contributed by atoms with van der Waals surface area (Å²) in [5.74, 6) is -0.676. The van der Waals surface area contributed by atoms with Gasteiger partial charge in [0, 0.05) is 12.5 Å². The number of allylic oxidation sites excluding steroid dienone is 1. The minimum atomic E-state index is -0.367. The van der Waals surface area contributed by atoms with Crippen LogP contribution in [0.2, 0.25) is 0 Å². The van der Waals surface area contributed by atoms with Crippen LogP contribution in [0.25, 0.3) is 0 Å². The molecule has 0 spiro atoms. The molecular formula is C12H20O4. The zero-order valence-electron chi connectivity index (χ0n) is 10.2. The van der Waals surface area contributed by atoms with Gasteiger partial charge in [0.05, 0.1) is 0 Å². The number of esters is 2. The van der Waals surface area contributed by atoms with E-state index in [9.17, 15) is 9.59 Å².